The lowest BCUT2D eigenvalue weighted by Gasteiger charge is -2.22. The predicted octanol–water partition coefficient (Wildman–Crippen LogP) is 5.56. The van der Waals surface area contributed by atoms with E-state index in [1.54, 1.807) is 22.1 Å². The van der Waals surface area contributed by atoms with Crippen LogP contribution in [0.3, 0.4) is 0 Å². The summed E-state index contributed by atoms with van der Waals surface area (Å²) in [7, 11) is 0. The van der Waals surface area contributed by atoms with Crippen molar-refractivity contribution in [2.75, 3.05) is 17.2 Å². The summed E-state index contributed by atoms with van der Waals surface area (Å²) < 4.78 is 1.65. The van der Waals surface area contributed by atoms with E-state index in [0.29, 0.717) is 27.2 Å². The lowest BCUT2D eigenvalue weighted by atomic mass is 10.0. The second-order valence-corrected chi connectivity index (χ2v) is 10.5. The third kappa shape index (κ3) is 4.22. The minimum Gasteiger partial charge on any atom is -0.368 e. The van der Waals surface area contributed by atoms with Gasteiger partial charge >= 0.3 is 0 Å². The number of hydrogen-bond donors (Lipinski definition) is 1. The number of nitrogens with zero attached hydrogens (tertiary/aromatic N) is 3. The fourth-order valence-electron chi connectivity index (χ4n) is 3.99. The van der Waals surface area contributed by atoms with Crippen molar-refractivity contribution < 1.29 is 9.59 Å². The van der Waals surface area contributed by atoms with Crippen molar-refractivity contribution >= 4 is 63.9 Å². The molecule has 34 heavy (non-hydrogen) atoms. The number of carbonyl (C=O) groups excluding carboxylic acids is 2. The van der Waals surface area contributed by atoms with E-state index in [1.807, 2.05) is 60.0 Å². The largest absolute Gasteiger partial charge is 0.368 e. The van der Waals surface area contributed by atoms with Gasteiger partial charge in [-0.25, -0.2) is 4.68 Å². The standard InChI is InChI=1S/C24H18Cl2N4O2S2/c25-15-6-3-5-14(11-15)23-21-22(18-9-4-10-33-18)28-30(17-8-2-1-7-16(17)26)24(21)29(12-19(27)31)20(32)13-34-23/h1-11,23H,12-13H2,(H2,27,31)/t23-/m1/s1. The maximum absolute atomic E-state index is 13.3. The summed E-state index contributed by atoms with van der Waals surface area (Å²) in [6.07, 6.45) is 0. The van der Waals surface area contributed by atoms with Gasteiger partial charge in [0.2, 0.25) is 11.8 Å². The van der Waals surface area contributed by atoms with Crippen LogP contribution in [0.5, 0.6) is 0 Å². The molecule has 4 aromatic rings. The zero-order chi connectivity index (χ0) is 23.8. The quantitative estimate of drug-likeness (QED) is 0.367. The molecule has 1 aliphatic heterocycles. The second kappa shape index (κ2) is 9.46. The van der Waals surface area contributed by atoms with Gasteiger partial charge in [0.15, 0.2) is 0 Å². The van der Waals surface area contributed by atoms with E-state index in [-0.39, 0.29) is 23.5 Å². The minimum absolute atomic E-state index is 0.158. The monoisotopic (exact) mass is 528 g/mol. The van der Waals surface area contributed by atoms with Gasteiger partial charge in [-0.1, -0.05) is 53.5 Å². The molecule has 0 fully saturated rings. The van der Waals surface area contributed by atoms with Crippen molar-refractivity contribution in [1.29, 1.82) is 0 Å². The number of thiophene rings is 1. The van der Waals surface area contributed by atoms with E-state index in [0.717, 1.165) is 16.0 Å². The van der Waals surface area contributed by atoms with Crippen LogP contribution < -0.4 is 10.6 Å². The molecule has 1 atom stereocenters. The Morgan fingerprint density at radius 1 is 1.12 bits per heavy atom. The Balaban J connectivity index is 1.86. The van der Waals surface area contributed by atoms with E-state index in [9.17, 15) is 9.59 Å². The minimum atomic E-state index is -0.616. The first-order chi connectivity index (χ1) is 16.4. The van der Waals surface area contributed by atoms with Crippen LogP contribution in [0.4, 0.5) is 5.82 Å². The highest BCUT2D eigenvalue weighted by Gasteiger charge is 2.38. The van der Waals surface area contributed by atoms with Crippen LogP contribution in [-0.4, -0.2) is 33.9 Å². The fraction of sp³-hybridized carbons (Fsp3) is 0.125. The van der Waals surface area contributed by atoms with Gasteiger partial charge < -0.3 is 5.73 Å². The third-order valence-electron chi connectivity index (χ3n) is 5.39. The fourth-order valence-corrected chi connectivity index (χ4v) is 6.32. The molecule has 2 aromatic heterocycles. The van der Waals surface area contributed by atoms with Crippen molar-refractivity contribution in [2.24, 2.45) is 5.73 Å². The van der Waals surface area contributed by atoms with Crippen LogP contribution in [0, 0.1) is 0 Å². The van der Waals surface area contributed by atoms with Crippen LogP contribution >= 0.6 is 46.3 Å². The first kappa shape index (κ1) is 23.0. The molecule has 3 heterocycles. The van der Waals surface area contributed by atoms with Crippen molar-refractivity contribution in [1.82, 2.24) is 9.78 Å². The summed E-state index contributed by atoms with van der Waals surface area (Å²) >= 11 is 15.9. The first-order valence-electron chi connectivity index (χ1n) is 10.3. The lowest BCUT2D eigenvalue weighted by molar-refractivity contribution is -0.121. The van der Waals surface area contributed by atoms with Gasteiger partial charge in [0.05, 0.1) is 26.6 Å². The maximum atomic E-state index is 13.3. The van der Waals surface area contributed by atoms with Gasteiger partial charge in [0.25, 0.3) is 0 Å². The summed E-state index contributed by atoms with van der Waals surface area (Å²) in [6.45, 7) is -0.269. The zero-order valence-corrected chi connectivity index (χ0v) is 20.8. The number of carbonyl (C=O) groups is 2. The van der Waals surface area contributed by atoms with E-state index < -0.39 is 5.91 Å². The zero-order valence-electron chi connectivity index (χ0n) is 17.7. The van der Waals surface area contributed by atoms with Crippen LogP contribution in [0.2, 0.25) is 10.0 Å². The molecule has 6 nitrogen and oxygen atoms in total. The number of halogens is 2. The van der Waals surface area contributed by atoms with Gasteiger partial charge in [-0.15, -0.1) is 23.1 Å². The van der Waals surface area contributed by atoms with Crippen LogP contribution in [-0.2, 0) is 9.59 Å². The number of aromatic nitrogens is 2. The number of primary amides is 1. The molecule has 0 saturated heterocycles. The Morgan fingerprint density at radius 2 is 1.94 bits per heavy atom. The SMILES string of the molecule is NC(=O)CN1C(=O)CS[C@H](c2cccc(Cl)c2)c2c(-c3cccs3)nn(-c3ccccc3Cl)c21. The smallest absolute Gasteiger partial charge is 0.238 e. The Bertz CT molecular complexity index is 1390. The molecule has 2 aromatic carbocycles. The van der Waals surface area contributed by atoms with Crippen LogP contribution in [0.15, 0.2) is 66.0 Å². The summed E-state index contributed by atoms with van der Waals surface area (Å²) in [4.78, 5) is 27.7. The van der Waals surface area contributed by atoms with Gasteiger partial charge in [-0.2, -0.15) is 5.10 Å². The molecule has 10 heteroatoms. The molecule has 5 rings (SSSR count). The average Bonchev–Trinajstić information content (AvgIpc) is 3.43. The highest BCUT2D eigenvalue weighted by atomic mass is 35.5. The Morgan fingerprint density at radius 3 is 2.65 bits per heavy atom. The number of fused-ring (bicyclic) bond motifs is 1. The van der Waals surface area contributed by atoms with E-state index in [4.69, 9.17) is 34.0 Å². The summed E-state index contributed by atoms with van der Waals surface area (Å²) in [6, 6.07) is 18.8. The molecule has 0 bridgehead atoms. The molecule has 0 spiro atoms. The number of rotatable bonds is 5. The Hall–Kier alpha value is -2.78. The van der Waals surface area contributed by atoms with Crippen LogP contribution in [0.25, 0.3) is 16.3 Å². The maximum Gasteiger partial charge on any atom is 0.238 e. The number of hydrogen-bond acceptors (Lipinski definition) is 5. The predicted molar refractivity (Wildman–Crippen MR) is 139 cm³/mol. The molecule has 172 valence electrons. The van der Waals surface area contributed by atoms with E-state index >= 15 is 0 Å². The summed E-state index contributed by atoms with van der Waals surface area (Å²) in [5, 5.41) is 7.72. The number of para-hydroxylation sites is 1. The molecule has 0 saturated carbocycles. The van der Waals surface area contributed by atoms with E-state index in [2.05, 4.69) is 0 Å². The van der Waals surface area contributed by atoms with Crippen molar-refractivity contribution in [3.63, 3.8) is 0 Å². The van der Waals surface area contributed by atoms with Gasteiger partial charge in [-0.05, 0) is 41.3 Å². The number of nitrogens with two attached hydrogens (primary N) is 1. The second-order valence-electron chi connectivity index (χ2n) is 7.62. The molecule has 0 aliphatic carbocycles. The number of benzene rings is 2. The summed E-state index contributed by atoms with van der Waals surface area (Å²) in [5.74, 6) is -0.211. The molecule has 1 aliphatic rings. The normalized spacial score (nSPS) is 15.8. The lowest BCUT2D eigenvalue weighted by Crippen LogP contribution is -2.40. The van der Waals surface area contributed by atoms with Crippen LogP contribution in [0.1, 0.15) is 16.4 Å². The van der Waals surface area contributed by atoms with Crippen molar-refractivity contribution in [3.8, 4) is 16.3 Å². The molecular formula is C24H18Cl2N4O2S2. The number of anilines is 1. The highest BCUT2D eigenvalue weighted by molar-refractivity contribution is 8.00. The van der Waals surface area contributed by atoms with E-state index in [1.165, 1.54) is 16.7 Å². The number of amides is 2. The van der Waals surface area contributed by atoms with Crippen molar-refractivity contribution in [3.05, 3.63) is 87.2 Å². The van der Waals surface area contributed by atoms with Crippen molar-refractivity contribution in [2.45, 2.75) is 5.25 Å². The van der Waals surface area contributed by atoms with Gasteiger partial charge in [0.1, 0.15) is 18.1 Å². The Kier molecular flexibility index (Phi) is 6.40. The first-order valence-corrected chi connectivity index (χ1v) is 13.0. The molecular weight excluding hydrogens is 511 g/mol. The molecule has 2 amide bonds. The summed E-state index contributed by atoms with van der Waals surface area (Å²) in [5.41, 5.74) is 8.62. The molecule has 2 N–H and O–H groups in total. The molecule has 0 radical (unpaired) electrons. The number of thioether (sulfide) groups is 1. The average molecular weight is 529 g/mol. The topological polar surface area (TPSA) is 81.2 Å². The van der Waals surface area contributed by atoms with Gasteiger partial charge in [-0.3, -0.25) is 14.5 Å². The highest BCUT2D eigenvalue weighted by Crippen LogP contribution is 2.49. The third-order valence-corrected chi connectivity index (χ3v) is 8.08. The molecule has 0 unspecified atom stereocenters. The van der Waals surface area contributed by atoms with Gasteiger partial charge in [0, 0.05) is 10.6 Å². The Labute approximate surface area is 214 Å².